The van der Waals surface area contributed by atoms with E-state index < -0.39 is 12.1 Å². The molecule has 72 heavy (non-hydrogen) atoms. The highest BCUT2D eigenvalue weighted by Crippen LogP contribution is 2.17. The molecule has 6 heteroatoms. The van der Waals surface area contributed by atoms with Crippen molar-refractivity contribution < 1.29 is 24.5 Å². The fourth-order valence-corrected chi connectivity index (χ4v) is 9.69. The second kappa shape index (κ2) is 61.4. The van der Waals surface area contributed by atoms with Crippen molar-refractivity contribution in [3.8, 4) is 0 Å². The topological polar surface area (TPSA) is 95.9 Å². The third-order valence-electron chi connectivity index (χ3n) is 14.6. The first kappa shape index (κ1) is 69.8. The molecule has 0 bridgehead atoms. The zero-order chi connectivity index (χ0) is 52.2. The van der Waals surface area contributed by atoms with E-state index in [0.717, 1.165) is 57.8 Å². The molecule has 2 atom stereocenters. The molecule has 0 aliphatic rings. The van der Waals surface area contributed by atoms with Crippen molar-refractivity contribution in [1.82, 2.24) is 5.32 Å². The van der Waals surface area contributed by atoms with Gasteiger partial charge in [0, 0.05) is 12.8 Å². The van der Waals surface area contributed by atoms with Crippen molar-refractivity contribution in [2.75, 3.05) is 13.2 Å². The number of carbonyl (C=O) groups is 2. The Balaban J connectivity index is 3.42. The van der Waals surface area contributed by atoms with Crippen LogP contribution >= 0.6 is 0 Å². The smallest absolute Gasteiger partial charge is 0.305 e. The summed E-state index contributed by atoms with van der Waals surface area (Å²) in [6.45, 7) is 4.91. The molecule has 0 heterocycles. The highest BCUT2D eigenvalue weighted by Gasteiger charge is 2.20. The second-order valence-electron chi connectivity index (χ2n) is 21.7. The van der Waals surface area contributed by atoms with E-state index in [9.17, 15) is 19.8 Å². The number of allylic oxidation sites excluding steroid dienone is 8. The normalized spacial score (nSPS) is 12.9. The van der Waals surface area contributed by atoms with Crippen LogP contribution in [0.2, 0.25) is 0 Å². The average molecular weight is 1010 g/mol. The second-order valence-corrected chi connectivity index (χ2v) is 21.7. The van der Waals surface area contributed by atoms with E-state index >= 15 is 0 Å². The molecule has 2 unspecified atom stereocenters. The molecule has 0 rings (SSSR count). The van der Waals surface area contributed by atoms with Crippen molar-refractivity contribution in [2.24, 2.45) is 0 Å². The Labute approximate surface area is 448 Å². The highest BCUT2D eigenvalue weighted by molar-refractivity contribution is 5.76. The third-order valence-corrected chi connectivity index (χ3v) is 14.6. The van der Waals surface area contributed by atoms with Crippen LogP contribution in [-0.2, 0) is 14.3 Å². The van der Waals surface area contributed by atoms with E-state index in [2.05, 4.69) is 67.8 Å². The number of esters is 1. The first-order valence-electron chi connectivity index (χ1n) is 31.9. The fraction of sp³-hybridized carbons (Fsp3) is 0.848. The minimum absolute atomic E-state index is 0.00427. The van der Waals surface area contributed by atoms with Gasteiger partial charge in [-0.25, -0.2) is 0 Å². The Kier molecular flexibility index (Phi) is 59.5. The number of ether oxygens (including phenoxy) is 1. The van der Waals surface area contributed by atoms with Crippen LogP contribution in [0.1, 0.15) is 335 Å². The van der Waals surface area contributed by atoms with Gasteiger partial charge in [0.25, 0.3) is 0 Å². The molecule has 0 aliphatic carbocycles. The standard InChI is InChI=1S/C66H123NO5/c1-3-5-7-9-11-13-15-17-34-38-42-46-50-54-58-64(69)63(62-68)67-65(70)59-55-51-47-43-39-35-32-30-28-26-24-22-20-19-21-23-25-27-29-31-33-37-41-45-49-53-57-61-72-66(71)60-56-52-48-44-40-36-18-16-14-12-10-8-6-4-2/h10,12,16,18-20,23,25,63-64,68-69H,3-9,11,13-15,17,21-22,24,26-62H2,1-2H3,(H,67,70)/b12-10-,18-16-,20-19-,25-23-. The summed E-state index contributed by atoms with van der Waals surface area (Å²) >= 11 is 0. The summed E-state index contributed by atoms with van der Waals surface area (Å²) in [6, 6.07) is -0.544. The van der Waals surface area contributed by atoms with Crippen LogP contribution in [0.25, 0.3) is 0 Å². The minimum atomic E-state index is -0.667. The molecule has 1 amide bonds. The SMILES string of the molecule is CCCC/C=C\C/C=C\CCCCCCCC(=O)OCCCCCCCCCCC/C=C\C/C=C\CCCCCCCCCCCCCC(=O)NC(CO)C(O)CCCCCCCCCCCCCCCC. The van der Waals surface area contributed by atoms with E-state index in [1.807, 2.05) is 0 Å². The van der Waals surface area contributed by atoms with Gasteiger partial charge in [-0.15, -0.1) is 0 Å². The number of hydrogen-bond donors (Lipinski definition) is 3. The highest BCUT2D eigenvalue weighted by atomic mass is 16.5. The number of nitrogens with one attached hydrogen (secondary N) is 1. The summed E-state index contributed by atoms with van der Waals surface area (Å²) in [4.78, 5) is 24.5. The Morgan fingerprint density at radius 3 is 1.10 bits per heavy atom. The fourth-order valence-electron chi connectivity index (χ4n) is 9.69. The average Bonchev–Trinajstić information content (AvgIpc) is 3.38. The Morgan fingerprint density at radius 1 is 0.389 bits per heavy atom. The van der Waals surface area contributed by atoms with Crippen molar-refractivity contribution in [3.63, 3.8) is 0 Å². The maximum atomic E-state index is 12.5. The van der Waals surface area contributed by atoms with Crippen molar-refractivity contribution in [3.05, 3.63) is 48.6 Å². The van der Waals surface area contributed by atoms with Crippen LogP contribution in [0, 0.1) is 0 Å². The summed E-state index contributed by atoms with van der Waals surface area (Å²) in [6.07, 6.45) is 78.4. The lowest BCUT2D eigenvalue weighted by Crippen LogP contribution is -2.45. The summed E-state index contributed by atoms with van der Waals surface area (Å²) in [5, 5.41) is 23.3. The van der Waals surface area contributed by atoms with Crippen LogP contribution in [0.5, 0.6) is 0 Å². The summed E-state index contributed by atoms with van der Waals surface area (Å²) in [5.41, 5.74) is 0. The van der Waals surface area contributed by atoms with Crippen molar-refractivity contribution in [1.29, 1.82) is 0 Å². The number of unbranched alkanes of at least 4 members (excludes halogenated alkanes) is 40. The molecular formula is C66H123NO5. The van der Waals surface area contributed by atoms with Crippen LogP contribution in [-0.4, -0.2) is 47.4 Å². The van der Waals surface area contributed by atoms with E-state index in [1.165, 1.54) is 244 Å². The summed E-state index contributed by atoms with van der Waals surface area (Å²) in [5.74, 6) is -0.0417. The van der Waals surface area contributed by atoms with E-state index in [1.54, 1.807) is 0 Å². The van der Waals surface area contributed by atoms with Gasteiger partial charge >= 0.3 is 5.97 Å². The van der Waals surface area contributed by atoms with Crippen LogP contribution in [0.4, 0.5) is 0 Å². The Morgan fingerprint density at radius 2 is 0.708 bits per heavy atom. The molecule has 0 spiro atoms. The van der Waals surface area contributed by atoms with Crippen molar-refractivity contribution in [2.45, 2.75) is 347 Å². The third kappa shape index (κ3) is 57.1. The quantitative estimate of drug-likeness (QED) is 0.0320. The predicted molar refractivity (Wildman–Crippen MR) is 315 cm³/mol. The van der Waals surface area contributed by atoms with E-state index in [0.29, 0.717) is 25.9 Å². The van der Waals surface area contributed by atoms with Gasteiger partial charge < -0.3 is 20.3 Å². The monoisotopic (exact) mass is 1010 g/mol. The van der Waals surface area contributed by atoms with Crippen molar-refractivity contribution >= 4 is 11.9 Å². The van der Waals surface area contributed by atoms with Gasteiger partial charge in [0.15, 0.2) is 0 Å². The van der Waals surface area contributed by atoms with Gasteiger partial charge in [-0.05, 0) is 83.5 Å². The first-order chi connectivity index (χ1) is 35.5. The van der Waals surface area contributed by atoms with Gasteiger partial charge in [0.2, 0.25) is 5.91 Å². The zero-order valence-corrected chi connectivity index (χ0v) is 48.2. The maximum absolute atomic E-state index is 12.5. The number of carbonyl (C=O) groups excluding carboxylic acids is 2. The molecule has 0 aliphatic heterocycles. The Bertz CT molecular complexity index is 1210. The molecule has 6 nitrogen and oxygen atoms in total. The molecular weight excluding hydrogens is 887 g/mol. The van der Waals surface area contributed by atoms with Gasteiger partial charge in [-0.1, -0.05) is 287 Å². The van der Waals surface area contributed by atoms with Crippen LogP contribution in [0.15, 0.2) is 48.6 Å². The lowest BCUT2D eigenvalue weighted by Gasteiger charge is -2.22. The largest absolute Gasteiger partial charge is 0.466 e. The van der Waals surface area contributed by atoms with E-state index in [4.69, 9.17) is 4.74 Å². The lowest BCUT2D eigenvalue weighted by atomic mass is 10.0. The maximum Gasteiger partial charge on any atom is 0.305 e. The number of rotatable bonds is 59. The molecule has 0 aromatic rings. The van der Waals surface area contributed by atoms with Crippen LogP contribution < -0.4 is 5.32 Å². The van der Waals surface area contributed by atoms with Gasteiger partial charge in [-0.2, -0.15) is 0 Å². The summed E-state index contributed by atoms with van der Waals surface area (Å²) in [7, 11) is 0. The number of hydrogen-bond acceptors (Lipinski definition) is 5. The van der Waals surface area contributed by atoms with Gasteiger partial charge in [0.05, 0.1) is 25.4 Å². The Hall–Kier alpha value is -2.18. The number of amides is 1. The zero-order valence-electron chi connectivity index (χ0n) is 48.2. The molecule has 3 N–H and O–H groups in total. The minimum Gasteiger partial charge on any atom is -0.466 e. The lowest BCUT2D eigenvalue weighted by molar-refractivity contribution is -0.143. The first-order valence-corrected chi connectivity index (χ1v) is 31.9. The summed E-state index contributed by atoms with van der Waals surface area (Å²) < 4.78 is 5.47. The molecule has 0 aromatic carbocycles. The van der Waals surface area contributed by atoms with E-state index in [-0.39, 0.29) is 18.5 Å². The number of aliphatic hydroxyl groups is 2. The molecule has 0 saturated heterocycles. The van der Waals surface area contributed by atoms with Crippen LogP contribution in [0.3, 0.4) is 0 Å². The predicted octanol–water partition coefficient (Wildman–Crippen LogP) is 20.1. The molecule has 0 radical (unpaired) electrons. The molecule has 0 saturated carbocycles. The van der Waals surface area contributed by atoms with Gasteiger partial charge in [0.1, 0.15) is 0 Å². The molecule has 0 fully saturated rings. The van der Waals surface area contributed by atoms with Gasteiger partial charge in [-0.3, -0.25) is 9.59 Å². The molecule has 0 aromatic heterocycles. The molecule has 422 valence electrons. The number of aliphatic hydroxyl groups excluding tert-OH is 2.